The van der Waals surface area contributed by atoms with Crippen LogP contribution in [-0.4, -0.2) is 34.1 Å². The minimum Gasteiger partial charge on any atom is -0.368 e. The molecule has 1 aromatic rings. The van der Waals surface area contributed by atoms with Crippen LogP contribution >= 0.6 is 27.7 Å². The third-order valence-electron chi connectivity index (χ3n) is 3.35. The molecule has 0 amide bonds. The van der Waals surface area contributed by atoms with Gasteiger partial charge in [-0.15, -0.1) is 0 Å². The molecule has 0 atom stereocenters. The van der Waals surface area contributed by atoms with E-state index in [9.17, 15) is 0 Å². The normalized spacial score (nSPS) is 17.1. The highest BCUT2D eigenvalue weighted by atomic mass is 79.9. The molecule has 0 aliphatic heterocycles. The van der Waals surface area contributed by atoms with Gasteiger partial charge in [0, 0.05) is 24.0 Å². The fraction of sp³-hybridized carbons (Fsp3) is 0.667. The van der Waals surface area contributed by atoms with Gasteiger partial charge in [0.15, 0.2) is 0 Å². The molecule has 6 heteroatoms. The van der Waals surface area contributed by atoms with E-state index in [4.69, 9.17) is 0 Å². The fourth-order valence-electron chi connectivity index (χ4n) is 2.00. The molecule has 0 saturated heterocycles. The van der Waals surface area contributed by atoms with Crippen molar-refractivity contribution in [2.75, 3.05) is 30.0 Å². The van der Waals surface area contributed by atoms with E-state index < -0.39 is 0 Å². The minimum absolute atomic E-state index is 0.405. The summed E-state index contributed by atoms with van der Waals surface area (Å²) in [6, 6.07) is 0. The molecule has 1 fully saturated rings. The first-order valence-corrected chi connectivity index (χ1v) is 8.26. The highest BCUT2D eigenvalue weighted by Crippen LogP contribution is 2.42. The fourth-order valence-corrected chi connectivity index (χ4v) is 3.25. The maximum Gasteiger partial charge on any atom is 0.224 e. The predicted molar refractivity (Wildman–Crippen MR) is 82.5 cm³/mol. The lowest BCUT2D eigenvalue weighted by Crippen LogP contribution is -2.40. The van der Waals surface area contributed by atoms with Gasteiger partial charge in [-0.1, -0.05) is 6.42 Å². The number of hydrogen-bond donors (Lipinski definition) is 2. The van der Waals surface area contributed by atoms with E-state index in [1.807, 2.05) is 18.7 Å². The van der Waals surface area contributed by atoms with Gasteiger partial charge in [0.1, 0.15) is 5.82 Å². The molecule has 0 unspecified atom stereocenters. The van der Waals surface area contributed by atoms with Crippen LogP contribution in [-0.2, 0) is 0 Å². The zero-order chi connectivity index (χ0) is 13.0. The Morgan fingerprint density at radius 2 is 2.22 bits per heavy atom. The van der Waals surface area contributed by atoms with Crippen LogP contribution in [0.15, 0.2) is 10.7 Å². The van der Waals surface area contributed by atoms with Crippen LogP contribution < -0.4 is 10.6 Å². The van der Waals surface area contributed by atoms with Crippen molar-refractivity contribution in [1.29, 1.82) is 0 Å². The van der Waals surface area contributed by atoms with E-state index >= 15 is 0 Å². The summed E-state index contributed by atoms with van der Waals surface area (Å²) in [7, 11) is 0. The summed E-state index contributed by atoms with van der Waals surface area (Å²) in [4.78, 5) is 8.68. The van der Waals surface area contributed by atoms with Crippen molar-refractivity contribution in [3.63, 3.8) is 0 Å². The summed E-state index contributed by atoms with van der Waals surface area (Å²) in [5, 5.41) is 6.57. The molecule has 1 saturated carbocycles. The van der Waals surface area contributed by atoms with E-state index in [-0.39, 0.29) is 0 Å². The van der Waals surface area contributed by atoms with Crippen molar-refractivity contribution in [2.45, 2.75) is 30.9 Å². The van der Waals surface area contributed by atoms with Gasteiger partial charge in [-0.25, -0.2) is 4.98 Å². The first kappa shape index (κ1) is 13.9. The highest BCUT2D eigenvalue weighted by molar-refractivity contribution is 9.10. The van der Waals surface area contributed by atoms with E-state index in [2.05, 4.69) is 42.8 Å². The van der Waals surface area contributed by atoms with Gasteiger partial charge in [0.25, 0.3) is 0 Å². The molecule has 0 radical (unpaired) electrons. The zero-order valence-corrected chi connectivity index (χ0v) is 13.2. The molecule has 2 N–H and O–H groups in total. The summed E-state index contributed by atoms with van der Waals surface area (Å²) in [5.41, 5.74) is 0. The molecule has 1 aliphatic rings. The van der Waals surface area contributed by atoms with Gasteiger partial charge in [-0.05, 0) is 42.0 Å². The predicted octanol–water partition coefficient (Wildman–Crippen LogP) is 3.37. The number of nitrogens with one attached hydrogen (secondary N) is 2. The van der Waals surface area contributed by atoms with Crippen molar-refractivity contribution in [1.82, 2.24) is 9.97 Å². The summed E-state index contributed by atoms with van der Waals surface area (Å²) in [6.45, 7) is 3.83. The summed E-state index contributed by atoms with van der Waals surface area (Å²) in [6.07, 6.45) is 7.92. The van der Waals surface area contributed by atoms with Crippen LogP contribution in [0.3, 0.4) is 0 Å². The lowest BCUT2D eigenvalue weighted by Gasteiger charge is -2.40. The Balaban J connectivity index is 2.01. The van der Waals surface area contributed by atoms with Crippen LogP contribution in [0.5, 0.6) is 0 Å². The lowest BCUT2D eigenvalue weighted by molar-refractivity contribution is 0.379. The number of rotatable bonds is 6. The molecule has 0 bridgehead atoms. The lowest BCUT2D eigenvalue weighted by atomic mass is 9.84. The van der Waals surface area contributed by atoms with Gasteiger partial charge < -0.3 is 10.6 Å². The number of aromatic nitrogens is 2. The number of nitrogens with zero attached hydrogens (tertiary/aromatic N) is 2. The Morgan fingerprint density at radius 1 is 1.44 bits per heavy atom. The van der Waals surface area contributed by atoms with Crippen LogP contribution in [0.1, 0.15) is 26.2 Å². The molecule has 1 aliphatic carbocycles. The Hall–Kier alpha value is -0.490. The minimum atomic E-state index is 0.405. The van der Waals surface area contributed by atoms with Crippen LogP contribution in [0.4, 0.5) is 11.8 Å². The maximum atomic E-state index is 4.47. The molecule has 1 heterocycles. The molecule has 100 valence electrons. The van der Waals surface area contributed by atoms with Gasteiger partial charge in [0.05, 0.1) is 4.47 Å². The summed E-state index contributed by atoms with van der Waals surface area (Å²) >= 11 is 5.45. The Morgan fingerprint density at radius 3 is 2.78 bits per heavy atom. The smallest absolute Gasteiger partial charge is 0.224 e. The highest BCUT2D eigenvalue weighted by Gasteiger charge is 2.36. The molecule has 2 rings (SSSR count). The van der Waals surface area contributed by atoms with E-state index in [1.165, 1.54) is 19.3 Å². The largest absolute Gasteiger partial charge is 0.368 e. The zero-order valence-electron chi connectivity index (χ0n) is 10.8. The second-order valence-electron chi connectivity index (χ2n) is 4.51. The Kier molecular flexibility index (Phi) is 4.72. The summed E-state index contributed by atoms with van der Waals surface area (Å²) in [5.74, 6) is 1.55. The van der Waals surface area contributed by atoms with Gasteiger partial charge in [-0.2, -0.15) is 16.7 Å². The topological polar surface area (TPSA) is 49.8 Å². The van der Waals surface area contributed by atoms with Gasteiger partial charge >= 0.3 is 0 Å². The first-order chi connectivity index (χ1) is 8.69. The molecule has 0 spiro atoms. The second-order valence-corrected chi connectivity index (χ2v) is 6.64. The van der Waals surface area contributed by atoms with Crippen LogP contribution in [0.2, 0.25) is 0 Å². The molecular formula is C12H19BrN4S. The average Bonchev–Trinajstić information content (AvgIpc) is 2.32. The Labute approximate surface area is 121 Å². The Bertz CT molecular complexity index is 404. The third-order valence-corrected chi connectivity index (χ3v) is 5.35. The monoisotopic (exact) mass is 330 g/mol. The standard InChI is InChI=1S/C12H19BrN4S/c1-3-14-11-15-7-9(13)10(17-11)16-8-12(18-2)5-4-6-12/h7H,3-6,8H2,1-2H3,(H2,14,15,16,17). The van der Waals surface area contributed by atoms with Crippen molar-refractivity contribution in [2.24, 2.45) is 0 Å². The van der Waals surface area contributed by atoms with Crippen molar-refractivity contribution in [3.8, 4) is 0 Å². The summed E-state index contributed by atoms with van der Waals surface area (Å²) < 4.78 is 1.32. The van der Waals surface area contributed by atoms with E-state index in [0.717, 1.165) is 23.4 Å². The van der Waals surface area contributed by atoms with Crippen LogP contribution in [0, 0.1) is 0 Å². The van der Waals surface area contributed by atoms with Gasteiger partial charge in [-0.3, -0.25) is 0 Å². The van der Waals surface area contributed by atoms with Crippen molar-refractivity contribution in [3.05, 3.63) is 10.7 Å². The second kappa shape index (κ2) is 6.10. The van der Waals surface area contributed by atoms with Crippen molar-refractivity contribution >= 4 is 39.5 Å². The van der Waals surface area contributed by atoms with Crippen LogP contribution in [0.25, 0.3) is 0 Å². The number of halogens is 1. The number of thioether (sulfide) groups is 1. The molecular weight excluding hydrogens is 312 g/mol. The third kappa shape index (κ3) is 3.09. The first-order valence-electron chi connectivity index (χ1n) is 6.24. The molecule has 18 heavy (non-hydrogen) atoms. The maximum absolute atomic E-state index is 4.47. The molecule has 4 nitrogen and oxygen atoms in total. The molecule has 0 aromatic carbocycles. The number of anilines is 2. The molecule has 1 aromatic heterocycles. The average molecular weight is 331 g/mol. The van der Waals surface area contributed by atoms with Gasteiger partial charge in [0.2, 0.25) is 5.95 Å². The SMILES string of the molecule is CCNc1ncc(Br)c(NCC2(SC)CCC2)n1. The quantitative estimate of drug-likeness (QED) is 0.837. The van der Waals surface area contributed by atoms with E-state index in [1.54, 1.807) is 6.20 Å². The number of hydrogen-bond acceptors (Lipinski definition) is 5. The van der Waals surface area contributed by atoms with Crippen molar-refractivity contribution < 1.29 is 0 Å². The van der Waals surface area contributed by atoms with E-state index in [0.29, 0.717) is 10.7 Å².